The van der Waals surface area contributed by atoms with Crippen LogP contribution in [0.5, 0.6) is 0 Å². The van der Waals surface area contributed by atoms with Crippen molar-refractivity contribution in [2.75, 3.05) is 44.6 Å². The Morgan fingerprint density at radius 2 is 1.61 bits per heavy atom. The zero-order valence-corrected chi connectivity index (χ0v) is 22.7. The normalized spacial score (nSPS) is 14.6. The van der Waals surface area contributed by atoms with Crippen LogP contribution in [0.1, 0.15) is 30.4 Å². The molecule has 3 rings (SSSR count). The molecule has 1 fully saturated rings. The van der Waals surface area contributed by atoms with Gasteiger partial charge in [-0.3, -0.25) is 9.69 Å². The summed E-state index contributed by atoms with van der Waals surface area (Å²) >= 11 is 17.5. The van der Waals surface area contributed by atoms with Crippen molar-refractivity contribution in [1.29, 1.82) is 0 Å². The second-order valence-corrected chi connectivity index (χ2v) is 10.0. The Kier molecular flexibility index (Phi) is 11.1. The Bertz CT molecular complexity index is 1150. The summed E-state index contributed by atoms with van der Waals surface area (Å²) in [7, 11) is 0. The lowest BCUT2D eigenvalue weighted by Gasteiger charge is -2.34. The summed E-state index contributed by atoms with van der Waals surface area (Å²) in [4.78, 5) is 28.3. The van der Waals surface area contributed by atoms with Crippen molar-refractivity contribution in [3.63, 3.8) is 0 Å². The molecule has 0 atom stereocenters. The van der Waals surface area contributed by atoms with Gasteiger partial charge >= 0.3 is 12.2 Å². The molecule has 0 aromatic heterocycles. The Labute approximate surface area is 234 Å². The van der Waals surface area contributed by atoms with Crippen LogP contribution in [0.2, 0.25) is 15.1 Å². The summed E-state index contributed by atoms with van der Waals surface area (Å²) in [6.45, 7) is 3.75. The van der Waals surface area contributed by atoms with E-state index in [2.05, 4.69) is 15.5 Å². The molecule has 3 amide bonds. The van der Waals surface area contributed by atoms with Crippen LogP contribution in [0.25, 0.3) is 6.08 Å². The zero-order valence-electron chi connectivity index (χ0n) is 20.5. The summed E-state index contributed by atoms with van der Waals surface area (Å²) in [5.41, 5.74) is -0.153. The van der Waals surface area contributed by atoms with Crippen molar-refractivity contribution in [1.82, 2.24) is 15.1 Å². The molecule has 1 heterocycles. The molecule has 0 aliphatic carbocycles. The highest BCUT2D eigenvalue weighted by Crippen LogP contribution is 2.36. The van der Waals surface area contributed by atoms with E-state index in [1.807, 2.05) is 0 Å². The number of amides is 3. The van der Waals surface area contributed by atoms with Gasteiger partial charge in [0.1, 0.15) is 0 Å². The maximum atomic E-state index is 13.0. The van der Waals surface area contributed by atoms with Gasteiger partial charge in [0, 0.05) is 44.5 Å². The molecule has 0 bridgehead atoms. The third kappa shape index (κ3) is 9.38. The average Bonchev–Trinajstić information content (AvgIpc) is 2.87. The molecule has 2 aromatic rings. The minimum atomic E-state index is -4.60. The highest BCUT2D eigenvalue weighted by Gasteiger charge is 2.33. The SMILES string of the molecule is O=C(/C=C/c1ccc(Cl)c(Cl)c1)NCCCCCN1CCN(C(=O)Nc2ccc(Cl)c(C(F)(F)F)c2)CC1. The van der Waals surface area contributed by atoms with E-state index in [0.29, 0.717) is 42.8 Å². The molecule has 6 nitrogen and oxygen atoms in total. The van der Waals surface area contributed by atoms with E-state index < -0.39 is 22.8 Å². The molecule has 1 aliphatic heterocycles. The van der Waals surface area contributed by atoms with Gasteiger partial charge in [-0.2, -0.15) is 13.2 Å². The van der Waals surface area contributed by atoms with Gasteiger partial charge in [0.25, 0.3) is 0 Å². The number of halogens is 6. The second-order valence-electron chi connectivity index (χ2n) is 8.81. The monoisotopic (exact) mass is 590 g/mol. The van der Waals surface area contributed by atoms with E-state index in [0.717, 1.165) is 43.5 Å². The molecule has 1 aliphatic rings. The maximum absolute atomic E-state index is 13.0. The van der Waals surface area contributed by atoms with Crippen molar-refractivity contribution in [2.24, 2.45) is 0 Å². The first-order valence-corrected chi connectivity index (χ1v) is 13.2. The fraction of sp³-hybridized carbons (Fsp3) is 0.385. The van der Waals surface area contributed by atoms with Gasteiger partial charge in [0.2, 0.25) is 5.91 Å². The van der Waals surface area contributed by atoms with E-state index in [-0.39, 0.29) is 11.6 Å². The summed E-state index contributed by atoms with van der Waals surface area (Å²) in [5, 5.41) is 5.85. The van der Waals surface area contributed by atoms with Gasteiger partial charge in [-0.15, -0.1) is 0 Å². The van der Waals surface area contributed by atoms with E-state index in [1.165, 1.54) is 12.1 Å². The number of hydrogen-bond donors (Lipinski definition) is 2. The number of alkyl halides is 3. The molecule has 38 heavy (non-hydrogen) atoms. The first-order valence-electron chi connectivity index (χ1n) is 12.1. The Hall–Kier alpha value is -2.46. The smallest absolute Gasteiger partial charge is 0.353 e. The lowest BCUT2D eigenvalue weighted by molar-refractivity contribution is -0.137. The Morgan fingerprint density at radius 3 is 2.29 bits per heavy atom. The zero-order chi connectivity index (χ0) is 27.7. The number of rotatable bonds is 9. The van der Waals surface area contributed by atoms with Gasteiger partial charge in [-0.05, 0) is 61.4 Å². The van der Waals surface area contributed by atoms with Crippen LogP contribution >= 0.6 is 34.8 Å². The number of anilines is 1. The van der Waals surface area contributed by atoms with Gasteiger partial charge in [0.05, 0.1) is 20.6 Å². The number of hydrogen-bond acceptors (Lipinski definition) is 3. The summed E-state index contributed by atoms with van der Waals surface area (Å²) in [6.07, 6.45) is 1.26. The first-order chi connectivity index (χ1) is 18.0. The van der Waals surface area contributed by atoms with Gasteiger partial charge < -0.3 is 15.5 Å². The van der Waals surface area contributed by atoms with Crippen LogP contribution in [0, 0.1) is 0 Å². The van der Waals surface area contributed by atoms with Crippen LogP contribution in [0.4, 0.5) is 23.7 Å². The number of nitrogens with one attached hydrogen (secondary N) is 2. The summed E-state index contributed by atoms with van der Waals surface area (Å²) in [6, 6.07) is 8.00. The van der Waals surface area contributed by atoms with Crippen molar-refractivity contribution < 1.29 is 22.8 Å². The summed E-state index contributed by atoms with van der Waals surface area (Å²) < 4.78 is 39.1. The molecule has 0 spiro atoms. The Balaban J connectivity index is 1.29. The number of benzene rings is 2. The largest absolute Gasteiger partial charge is 0.417 e. The number of carbonyl (C=O) groups excluding carboxylic acids is 2. The molecule has 2 aromatic carbocycles. The number of carbonyl (C=O) groups is 2. The number of piperazine rings is 1. The third-order valence-corrected chi connectivity index (χ3v) is 7.07. The second kappa shape index (κ2) is 14.1. The highest BCUT2D eigenvalue weighted by atomic mass is 35.5. The molecule has 0 saturated carbocycles. The number of nitrogens with zero attached hydrogens (tertiary/aromatic N) is 2. The van der Waals surface area contributed by atoms with Crippen LogP contribution in [0.15, 0.2) is 42.5 Å². The minimum absolute atomic E-state index is 0.0473. The van der Waals surface area contributed by atoms with Crippen LogP contribution in [-0.4, -0.2) is 61.0 Å². The molecule has 2 N–H and O–H groups in total. The standard InChI is InChI=1S/C26H28Cl3F3N4O2/c27-21-8-6-19(17-20(21)26(30,31)32)34-25(38)36-14-12-35(13-15-36)11-3-1-2-10-33-24(37)9-5-18-4-7-22(28)23(29)16-18/h4-9,16-17H,1-3,10-15H2,(H,33,37)(H,34,38)/b9-5+. The predicted octanol–water partition coefficient (Wildman–Crippen LogP) is 6.82. The molecule has 0 radical (unpaired) electrons. The molecular formula is C26H28Cl3F3N4O2. The van der Waals surface area contributed by atoms with Crippen LogP contribution < -0.4 is 10.6 Å². The van der Waals surface area contributed by atoms with Crippen LogP contribution in [-0.2, 0) is 11.0 Å². The van der Waals surface area contributed by atoms with Gasteiger partial charge in [0.15, 0.2) is 0 Å². The molecular weight excluding hydrogens is 564 g/mol. The van der Waals surface area contributed by atoms with Crippen molar-refractivity contribution in [2.45, 2.75) is 25.4 Å². The van der Waals surface area contributed by atoms with Gasteiger partial charge in [-0.1, -0.05) is 47.3 Å². The maximum Gasteiger partial charge on any atom is 0.417 e. The van der Waals surface area contributed by atoms with Crippen LogP contribution in [0.3, 0.4) is 0 Å². The van der Waals surface area contributed by atoms with Crippen molar-refractivity contribution >= 4 is 58.5 Å². The number of unbranched alkanes of at least 4 members (excludes halogenated alkanes) is 2. The highest BCUT2D eigenvalue weighted by molar-refractivity contribution is 6.42. The molecule has 1 saturated heterocycles. The molecule has 0 unspecified atom stereocenters. The lowest BCUT2D eigenvalue weighted by atomic mass is 10.2. The minimum Gasteiger partial charge on any atom is -0.353 e. The van der Waals surface area contributed by atoms with E-state index in [1.54, 1.807) is 29.2 Å². The summed E-state index contributed by atoms with van der Waals surface area (Å²) in [5.74, 6) is -0.182. The predicted molar refractivity (Wildman–Crippen MR) is 146 cm³/mol. The first kappa shape index (κ1) is 30.1. The van der Waals surface area contributed by atoms with E-state index in [9.17, 15) is 22.8 Å². The van der Waals surface area contributed by atoms with Gasteiger partial charge in [-0.25, -0.2) is 4.79 Å². The third-order valence-electron chi connectivity index (χ3n) is 6.00. The fourth-order valence-corrected chi connectivity index (χ4v) is 4.42. The van der Waals surface area contributed by atoms with E-state index >= 15 is 0 Å². The fourth-order valence-electron chi connectivity index (χ4n) is 3.89. The van der Waals surface area contributed by atoms with Crippen molar-refractivity contribution in [3.8, 4) is 0 Å². The topological polar surface area (TPSA) is 64.7 Å². The lowest BCUT2D eigenvalue weighted by Crippen LogP contribution is -2.50. The Morgan fingerprint density at radius 1 is 0.895 bits per heavy atom. The van der Waals surface area contributed by atoms with E-state index in [4.69, 9.17) is 34.8 Å². The quantitative estimate of drug-likeness (QED) is 0.249. The van der Waals surface area contributed by atoms with Crippen molar-refractivity contribution in [3.05, 3.63) is 68.7 Å². The molecule has 206 valence electrons. The molecule has 12 heteroatoms. The number of urea groups is 1. The average molecular weight is 592 g/mol.